The zero-order valence-electron chi connectivity index (χ0n) is 24.9. The zero-order valence-corrected chi connectivity index (χ0v) is 24.9. The van der Waals surface area contributed by atoms with E-state index >= 15 is 0 Å². The van der Waals surface area contributed by atoms with Crippen LogP contribution in [-0.4, -0.2) is 122 Å². The van der Waals surface area contributed by atoms with Gasteiger partial charge in [0.1, 0.15) is 6.54 Å². The summed E-state index contributed by atoms with van der Waals surface area (Å²) in [7, 11) is 2.13. The average molecular weight is 551 g/mol. The van der Waals surface area contributed by atoms with Gasteiger partial charge in [0.25, 0.3) is 0 Å². The van der Waals surface area contributed by atoms with E-state index in [1.54, 1.807) is 0 Å². The second-order valence-corrected chi connectivity index (χ2v) is 10.00. The molecule has 0 aliphatic heterocycles. The number of aliphatic hydroxyl groups is 1. The number of aliphatic hydroxyl groups excluding tert-OH is 1. The SMILES string of the molecule is CCCCCCCCCCCC[N+](C)(CCOCCOCCOCCOCCOCCO)CC(=O)OCC. The molecule has 0 amide bonds. The third-order valence-corrected chi connectivity index (χ3v) is 6.37. The number of carbonyl (C=O) groups excluding carboxylic acids is 1. The highest BCUT2D eigenvalue weighted by Gasteiger charge is 2.25. The molecule has 1 atom stereocenters. The number of unbranched alkanes of at least 4 members (excludes halogenated alkanes) is 9. The lowest BCUT2D eigenvalue weighted by molar-refractivity contribution is -0.903. The molecule has 0 aliphatic rings. The smallest absolute Gasteiger partial charge is 0.361 e. The van der Waals surface area contributed by atoms with Crippen molar-refractivity contribution in [2.24, 2.45) is 0 Å². The molecule has 0 bridgehead atoms. The maximum Gasteiger partial charge on any atom is 0.361 e. The molecule has 0 saturated heterocycles. The number of hydrogen-bond acceptors (Lipinski definition) is 8. The van der Waals surface area contributed by atoms with E-state index in [0.717, 1.165) is 19.5 Å². The fourth-order valence-electron chi connectivity index (χ4n) is 4.10. The highest BCUT2D eigenvalue weighted by atomic mass is 16.6. The van der Waals surface area contributed by atoms with Crippen LogP contribution in [-0.2, 0) is 33.2 Å². The molecule has 0 radical (unpaired) electrons. The van der Waals surface area contributed by atoms with Crippen LogP contribution in [0, 0.1) is 0 Å². The van der Waals surface area contributed by atoms with Crippen molar-refractivity contribution in [1.29, 1.82) is 0 Å². The number of quaternary nitrogens is 1. The van der Waals surface area contributed by atoms with Gasteiger partial charge >= 0.3 is 5.97 Å². The second-order valence-electron chi connectivity index (χ2n) is 10.00. The molecule has 0 aromatic rings. The van der Waals surface area contributed by atoms with E-state index in [4.69, 9.17) is 33.5 Å². The molecule has 0 heterocycles. The summed E-state index contributed by atoms with van der Waals surface area (Å²) in [5, 5.41) is 8.60. The van der Waals surface area contributed by atoms with Crippen LogP contribution in [0.5, 0.6) is 0 Å². The minimum atomic E-state index is -0.133. The molecule has 0 fully saturated rings. The molecule has 38 heavy (non-hydrogen) atoms. The van der Waals surface area contributed by atoms with Gasteiger partial charge in [0.2, 0.25) is 0 Å². The predicted molar refractivity (Wildman–Crippen MR) is 150 cm³/mol. The molecule has 1 unspecified atom stereocenters. The number of rotatable bonds is 31. The molecule has 0 aromatic heterocycles. The summed E-state index contributed by atoms with van der Waals surface area (Å²) in [6.07, 6.45) is 13.1. The minimum Gasteiger partial charge on any atom is -0.462 e. The molecule has 9 nitrogen and oxygen atoms in total. The van der Waals surface area contributed by atoms with E-state index in [0.29, 0.717) is 83.7 Å². The Labute approximate surface area is 233 Å². The van der Waals surface area contributed by atoms with Gasteiger partial charge in [-0.2, -0.15) is 0 Å². The van der Waals surface area contributed by atoms with Gasteiger partial charge in [-0.3, -0.25) is 0 Å². The maximum atomic E-state index is 12.2. The summed E-state index contributed by atoms with van der Waals surface area (Å²) in [6.45, 7) is 11.7. The number of hydrogen-bond donors (Lipinski definition) is 1. The highest BCUT2D eigenvalue weighted by molar-refractivity contribution is 5.70. The first kappa shape index (κ1) is 37.2. The maximum absolute atomic E-state index is 12.2. The summed E-state index contributed by atoms with van der Waals surface area (Å²) in [4.78, 5) is 12.2. The van der Waals surface area contributed by atoms with Gasteiger partial charge in [-0.05, 0) is 19.8 Å². The van der Waals surface area contributed by atoms with Crippen molar-refractivity contribution in [2.45, 2.75) is 78.1 Å². The second kappa shape index (κ2) is 29.2. The van der Waals surface area contributed by atoms with Gasteiger partial charge in [-0.15, -0.1) is 0 Å². The Hall–Kier alpha value is -0.810. The van der Waals surface area contributed by atoms with Crippen LogP contribution >= 0.6 is 0 Å². The topological polar surface area (TPSA) is 92.7 Å². The van der Waals surface area contributed by atoms with Gasteiger partial charge < -0.3 is 38.0 Å². The minimum absolute atomic E-state index is 0.0294. The van der Waals surface area contributed by atoms with Crippen LogP contribution < -0.4 is 0 Å². The van der Waals surface area contributed by atoms with Crippen molar-refractivity contribution in [2.75, 3.05) is 106 Å². The number of nitrogens with zero attached hydrogens (tertiary/aromatic N) is 1. The summed E-state index contributed by atoms with van der Waals surface area (Å²) >= 11 is 0. The molecule has 0 rings (SSSR count). The number of ether oxygens (including phenoxy) is 6. The molecule has 0 aliphatic carbocycles. The van der Waals surface area contributed by atoms with Crippen molar-refractivity contribution in [3.8, 4) is 0 Å². The lowest BCUT2D eigenvalue weighted by Gasteiger charge is -2.33. The van der Waals surface area contributed by atoms with Crippen LogP contribution in [0.3, 0.4) is 0 Å². The van der Waals surface area contributed by atoms with Crippen molar-refractivity contribution in [3.05, 3.63) is 0 Å². The van der Waals surface area contributed by atoms with Crippen LogP contribution in [0.15, 0.2) is 0 Å². The van der Waals surface area contributed by atoms with Crippen molar-refractivity contribution < 1.29 is 42.8 Å². The Kier molecular flexibility index (Phi) is 28.6. The fourth-order valence-corrected chi connectivity index (χ4v) is 4.10. The summed E-state index contributed by atoms with van der Waals surface area (Å²) in [5.74, 6) is -0.133. The first-order chi connectivity index (χ1) is 18.6. The van der Waals surface area contributed by atoms with E-state index in [2.05, 4.69) is 14.0 Å². The van der Waals surface area contributed by atoms with E-state index in [-0.39, 0.29) is 12.6 Å². The van der Waals surface area contributed by atoms with E-state index < -0.39 is 0 Å². The summed E-state index contributed by atoms with van der Waals surface area (Å²) in [5.41, 5.74) is 0. The van der Waals surface area contributed by atoms with Crippen LogP contribution in [0.2, 0.25) is 0 Å². The van der Waals surface area contributed by atoms with Crippen LogP contribution in [0.4, 0.5) is 0 Å². The first-order valence-electron chi connectivity index (χ1n) is 15.1. The molecular formula is C29H60NO8+. The van der Waals surface area contributed by atoms with Crippen LogP contribution in [0.1, 0.15) is 78.1 Å². The Bertz CT molecular complexity index is 497. The molecule has 0 spiro atoms. The van der Waals surface area contributed by atoms with Gasteiger partial charge in [-0.1, -0.05) is 58.3 Å². The van der Waals surface area contributed by atoms with E-state index in [1.807, 2.05) is 6.92 Å². The number of carbonyl (C=O) groups is 1. The predicted octanol–water partition coefficient (Wildman–Crippen LogP) is 3.99. The van der Waals surface area contributed by atoms with Gasteiger partial charge in [-0.25, -0.2) is 4.79 Å². The van der Waals surface area contributed by atoms with Crippen molar-refractivity contribution in [3.63, 3.8) is 0 Å². The van der Waals surface area contributed by atoms with Gasteiger partial charge in [0, 0.05) is 0 Å². The number of esters is 1. The summed E-state index contributed by atoms with van der Waals surface area (Å²) < 4.78 is 33.1. The largest absolute Gasteiger partial charge is 0.462 e. The summed E-state index contributed by atoms with van der Waals surface area (Å²) in [6, 6.07) is 0. The van der Waals surface area contributed by atoms with Crippen molar-refractivity contribution in [1.82, 2.24) is 0 Å². The third-order valence-electron chi connectivity index (χ3n) is 6.37. The fraction of sp³-hybridized carbons (Fsp3) is 0.966. The third kappa shape index (κ3) is 26.8. The Morgan fingerprint density at radius 2 is 1.00 bits per heavy atom. The lowest BCUT2D eigenvalue weighted by atomic mass is 10.1. The Morgan fingerprint density at radius 1 is 0.579 bits per heavy atom. The molecule has 0 aromatic carbocycles. The zero-order chi connectivity index (χ0) is 28.0. The Balaban J connectivity index is 3.83. The van der Waals surface area contributed by atoms with Crippen molar-refractivity contribution >= 4 is 5.97 Å². The highest BCUT2D eigenvalue weighted by Crippen LogP contribution is 2.13. The monoisotopic (exact) mass is 550 g/mol. The molecule has 228 valence electrons. The molecule has 9 heteroatoms. The lowest BCUT2D eigenvalue weighted by Crippen LogP contribution is -2.50. The van der Waals surface area contributed by atoms with E-state index in [9.17, 15) is 4.79 Å². The molecular weight excluding hydrogens is 490 g/mol. The van der Waals surface area contributed by atoms with E-state index in [1.165, 1.54) is 57.8 Å². The standard InChI is InChI=1S/C29H60NO8/c1-4-6-7-8-9-10-11-12-13-14-15-30(3,28-29(32)38-5-2)16-18-33-20-22-35-24-26-37-27-25-36-23-21-34-19-17-31/h31H,4-28H2,1-3H3/q+1. The Morgan fingerprint density at radius 3 is 1.45 bits per heavy atom. The van der Waals surface area contributed by atoms with Gasteiger partial charge in [0.05, 0.1) is 92.9 Å². The quantitative estimate of drug-likeness (QED) is 0.0787. The van der Waals surface area contributed by atoms with Gasteiger partial charge in [0.15, 0.2) is 6.54 Å². The average Bonchev–Trinajstić information content (AvgIpc) is 2.89. The first-order valence-corrected chi connectivity index (χ1v) is 15.1. The number of likely N-dealkylation sites (N-methyl/N-ethyl adjacent to an activating group) is 1. The van der Waals surface area contributed by atoms with Crippen LogP contribution in [0.25, 0.3) is 0 Å². The normalized spacial score (nSPS) is 13.1. The molecule has 1 N–H and O–H groups in total. The molecule has 0 saturated carbocycles.